The molecular weight excluding hydrogens is 522 g/mol. The summed E-state index contributed by atoms with van der Waals surface area (Å²) in [7, 11) is 1.57. The Labute approximate surface area is 244 Å². The van der Waals surface area contributed by atoms with E-state index in [9.17, 15) is 19.2 Å². The smallest absolute Gasteiger partial charge is 0.409 e. The van der Waals surface area contributed by atoms with Crippen LogP contribution in [0, 0.1) is 10.8 Å². The van der Waals surface area contributed by atoms with Crippen molar-refractivity contribution in [2.45, 2.75) is 73.5 Å². The van der Waals surface area contributed by atoms with Crippen molar-refractivity contribution in [1.29, 1.82) is 0 Å². The van der Waals surface area contributed by atoms with Gasteiger partial charge in [-0.1, -0.05) is 63.2 Å². The average molecular weight is 568 g/mol. The first-order valence-corrected chi connectivity index (χ1v) is 13.9. The molecule has 2 N–H and O–H groups in total. The number of nitrogens with zero attached hydrogens (tertiary/aromatic N) is 1. The van der Waals surface area contributed by atoms with E-state index in [2.05, 4.69) is 31.4 Å². The minimum atomic E-state index is -0.733. The summed E-state index contributed by atoms with van der Waals surface area (Å²) in [6, 6.07) is 15.8. The molecule has 0 radical (unpaired) electrons. The van der Waals surface area contributed by atoms with Crippen molar-refractivity contribution in [2.24, 2.45) is 10.8 Å². The van der Waals surface area contributed by atoms with Gasteiger partial charge < -0.3 is 25.0 Å². The van der Waals surface area contributed by atoms with E-state index < -0.39 is 17.6 Å². The number of nitrogens with one attached hydrogen (secondary N) is 2. The number of hydrogen-bond donors (Lipinski definition) is 2. The van der Waals surface area contributed by atoms with Gasteiger partial charge in [0.25, 0.3) is 0 Å². The SMILES string of the molecule is CN(CCOC(=O)C(C)(C)C)C(=O)OCc1ccc(NC(=O)[C@H](Cc2ccccc2)NC(=O)CCC(C)(C)C)cc1. The number of anilines is 1. The van der Waals surface area contributed by atoms with Crippen molar-refractivity contribution < 1.29 is 28.7 Å². The van der Waals surface area contributed by atoms with E-state index in [1.54, 1.807) is 52.1 Å². The Hall–Kier alpha value is -3.88. The summed E-state index contributed by atoms with van der Waals surface area (Å²) in [5.74, 6) is -0.808. The normalized spacial score (nSPS) is 12.2. The highest BCUT2D eigenvalue weighted by molar-refractivity contribution is 5.97. The molecule has 0 spiro atoms. The van der Waals surface area contributed by atoms with Crippen molar-refractivity contribution in [3.05, 3.63) is 65.7 Å². The van der Waals surface area contributed by atoms with Crippen LogP contribution in [0.3, 0.4) is 0 Å². The first-order chi connectivity index (χ1) is 19.1. The molecule has 2 rings (SSSR count). The molecule has 2 aromatic carbocycles. The van der Waals surface area contributed by atoms with Crippen molar-refractivity contribution in [1.82, 2.24) is 10.2 Å². The number of rotatable bonds is 12. The third-order valence-electron chi connectivity index (χ3n) is 6.20. The standard InChI is InChI=1S/C32H45N3O6/c1-31(2,3)18-17-27(36)34-26(21-23-11-9-8-10-12-23)28(37)33-25-15-13-24(14-16-25)22-41-30(39)35(7)19-20-40-29(38)32(4,5)6/h8-16,26H,17-22H2,1-7H3,(H,33,37)(H,34,36)/t26-/m0/s1. The Bertz CT molecular complexity index is 1150. The molecule has 9 heteroatoms. The number of hydrogen-bond acceptors (Lipinski definition) is 6. The van der Waals surface area contributed by atoms with E-state index in [0.717, 1.165) is 11.1 Å². The van der Waals surface area contributed by atoms with Gasteiger partial charge >= 0.3 is 12.1 Å². The highest BCUT2D eigenvalue weighted by Gasteiger charge is 2.24. The number of esters is 1. The second-order valence-electron chi connectivity index (χ2n) is 12.4. The van der Waals surface area contributed by atoms with Gasteiger partial charge in [-0.05, 0) is 55.9 Å². The van der Waals surface area contributed by atoms with Gasteiger partial charge in [-0.25, -0.2) is 4.79 Å². The Morgan fingerprint density at radius 3 is 2.07 bits per heavy atom. The largest absolute Gasteiger partial charge is 0.463 e. The molecule has 0 aromatic heterocycles. The predicted molar refractivity (Wildman–Crippen MR) is 159 cm³/mol. The summed E-state index contributed by atoms with van der Waals surface area (Å²) in [5, 5.41) is 5.78. The molecule has 0 saturated carbocycles. The van der Waals surface area contributed by atoms with Gasteiger partial charge in [0.05, 0.1) is 12.0 Å². The molecule has 3 amide bonds. The quantitative estimate of drug-likeness (QED) is 0.335. The first-order valence-electron chi connectivity index (χ1n) is 13.9. The Kier molecular flexibility index (Phi) is 12.4. The third kappa shape index (κ3) is 12.9. The third-order valence-corrected chi connectivity index (χ3v) is 6.20. The van der Waals surface area contributed by atoms with Crippen molar-refractivity contribution in [3.63, 3.8) is 0 Å². The van der Waals surface area contributed by atoms with Crippen LogP contribution in [-0.2, 0) is 36.9 Å². The molecule has 0 aliphatic heterocycles. The molecule has 9 nitrogen and oxygen atoms in total. The molecule has 0 saturated heterocycles. The number of benzene rings is 2. The minimum Gasteiger partial charge on any atom is -0.463 e. The highest BCUT2D eigenvalue weighted by Crippen LogP contribution is 2.20. The summed E-state index contributed by atoms with van der Waals surface area (Å²) in [5.41, 5.74) is 1.65. The maximum absolute atomic E-state index is 13.2. The molecule has 0 bridgehead atoms. The summed E-state index contributed by atoms with van der Waals surface area (Å²) in [6.07, 6.45) is 0.878. The van der Waals surface area contributed by atoms with Crippen LogP contribution < -0.4 is 10.6 Å². The summed E-state index contributed by atoms with van der Waals surface area (Å²) in [4.78, 5) is 51.3. The van der Waals surface area contributed by atoms with Crippen LogP contribution in [0.2, 0.25) is 0 Å². The lowest BCUT2D eigenvalue weighted by Crippen LogP contribution is -2.45. The molecule has 0 unspecified atom stereocenters. The Morgan fingerprint density at radius 2 is 1.49 bits per heavy atom. The summed E-state index contributed by atoms with van der Waals surface area (Å²) < 4.78 is 10.5. The molecule has 224 valence electrons. The van der Waals surface area contributed by atoms with E-state index in [-0.39, 0.29) is 43.0 Å². The zero-order chi connectivity index (χ0) is 30.6. The fourth-order valence-electron chi connectivity index (χ4n) is 3.57. The number of carbonyl (C=O) groups excluding carboxylic acids is 4. The molecule has 0 aliphatic carbocycles. The Morgan fingerprint density at radius 1 is 0.854 bits per heavy atom. The van der Waals surface area contributed by atoms with E-state index in [1.807, 2.05) is 30.3 Å². The fourth-order valence-corrected chi connectivity index (χ4v) is 3.57. The topological polar surface area (TPSA) is 114 Å². The van der Waals surface area contributed by atoms with Crippen molar-refractivity contribution in [3.8, 4) is 0 Å². The molecule has 0 heterocycles. The number of ether oxygens (including phenoxy) is 2. The lowest BCUT2D eigenvalue weighted by molar-refractivity contribution is -0.153. The van der Waals surface area contributed by atoms with Gasteiger partial charge in [-0.3, -0.25) is 14.4 Å². The van der Waals surface area contributed by atoms with Crippen molar-refractivity contribution >= 4 is 29.6 Å². The maximum Gasteiger partial charge on any atom is 0.409 e. The maximum atomic E-state index is 13.2. The first kappa shape index (κ1) is 33.3. The van der Waals surface area contributed by atoms with Crippen LogP contribution in [0.5, 0.6) is 0 Å². The van der Waals surface area contributed by atoms with Crippen LogP contribution in [0.15, 0.2) is 54.6 Å². The van der Waals surface area contributed by atoms with Gasteiger partial charge in [0.2, 0.25) is 11.8 Å². The number of carbonyl (C=O) groups is 4. The summed E-state index contributed by atoms with van der Waals surface area (Å²) >= 11 is 0. The second-order valence-corrected chi connectivity index (χ2v) is 12.4. The van der Waals surface area contributed by atoms with Crippen LogP contribution in [0.25, 0.3) is 0 Å². The van der Waals surface area contributed by atoms with Gasteiger partial charge in [-0.2, -0.15) is 0 Å². The van der Waals surface area contributed by atoms with E-state index in [0.29, 0.717) is 24.9 Å². The van der Waals surface area contributed by atoms with Gasteiger partial charge in [0, 0.05) is 25.6 Å². The average Bonchev–Trinajstić information content (AvgIpc) is 2.90. The van der Waals surface area contributed by atoms with Crippen molar-refractivity contribution in [2.75, 3.05) is 25.5 Å². The lowest BCUT2D eigenvalue weighted by atomic mass is 9.90. The zero-order valence-corrected chi connectivity index (χ0v) is 25.4. The number of likely N-dealkylation sites (N-methyl/N-ethyl adjacent to an activating group) is 1. The zero-order valence-electron chi connectivity index (χ0n) is 25.4. The molecule has 0 fully saturated rings. The van der Waals surface area contributed by atoms with Gasteiger partial charge in [0.15, 0.2) is 0 Å². The minimum absolute atomic E-state index is 0.0148. The highest BCUT2D eigenvalue weighted by atomic mass is 16.6. The molecule has 1 atom stereocenters. The summed E-state index contributed by atoms with van der Waals surface area (Å²) in [6.45, 7) is 11.8. The Balaban J connectivity index is 1.90. The fraction of sp³-hybridized carbons (Fsp3) is 0.500. The molecule has 2 aromatic rings. The van der Waals surface area contributed by atoms with Crippen LogP contribution in [0.1, 0.15) is 65.5 Å². The number of amides is 3. The monoisotopic (exact) mass is 567 g/mol. The van der Waals surface area contributed by atoms with E-state index in [4.69, 9.17) is 9.47 Å². The van der Waals surface area contributed by atoms with Gasteiger partial charge in [0.1, 0.15) is 19.3 Å². The molecule has 41 heavy (non-hydrogen) atoms. The second kappa shape index (κ2) is 15.2. The molecule has 0 aliphatic rings. The van der Waals surface area contributed by atoms with Crippen LogP contribution in [0.4, 0.5) is 10.5 Å². The van der Waals surface area contributed by atoms with Gasteiger partial charge in [-0.15, -0.1) is 0 Å². The molecular formula is C32H45N3O6. The van der Waals surface area contributed by atoms with Crippen LogP contribution >= 0.6 is 0 Å². The van der Waals surface area contributed by atoms with E-state index in [1.165, 1.54) is 4.90 Å². The van der Waals surface area contributed by atoms with E-state index >= 15 is 0 Å². The van der Waals surface area contributed by atoms with Crippen LogP contribution in [-0.4, -0.2) is 55.0 Å². The lowest BCUT2D eigenvalue weighted by Gasteiger charge is -2.21. The predicted octanol–water partition coefficient (Wildman–Crippen LogP) is 5.34.